The predicted octanol–water partition coefficient (Wildman–Crippen LogP) is 2.36. The average Bonchev–Trinajstić information content (AvgIpc) is 2.23. The van der Waals surface area contributed by atoms with Gasteiger partial charge in [0.2, 0.25) is 11.8 Å². The van der Waals surface area contributed by atoms with Gasteiger partial charge < -0.3 is 0 Å². The summed E-state index contributed by atoms with van der Waals surface area (Å²) in [7, 11) is 0. The molecular weight excluding hydrogens is 290 g/mol. The van der Waals surface area contributed by atoms with Crippen LogP contribution < -0.4 is 4.90 Å². The highest BCUT2D eigenvalue weighted by Crippen LogP contribution is 2.27. The number of aryl methyl sites for hydroxylation is 1. The molecule has 0 N–H and O–H groups in total. The maximum Gasteiger partial charge on any atom is 0.243 e. The van der Waals surface area contributed by atoms with Crippen molar-refractivity contribution in [3.63, 3.8) is 0 Å². The summed E-state index contributed by atoms with van der Waals surface area (Å²) in [5.41, 5.74) is 1.61. The maximum absolute atomic E-state index is 11.7. The number of imide groups is 1. The van der Waals surface area contributed by atoms with Crippen molar-refractivity contribution in [2.24, 2.45) is 0 Å². The number of nitrogens with zero attached hydrogens (tertiary/aromatic N) is 1. The Morgan fingerprint density at radius 1 is 1.25 bits per heavy atom. The van der Waals surface area contributed by atoms with Crippen molar-refractivity contribution in [3.8, 4) is 0 Å². The first-order valence-corrected chi connectivity index (χ1v) is 6.74. The molecule has 1 fully saturated rings. The molecule has 3 nitrogen and oxygen atoms in total. The molecular formula is C11H10BrNO2S. The summed E-state index contributed by atoms with van der Waals surface area (Å²) in [6.45, 7) is 1.89. The van der Waals surface area contributed by atoms with Crippen molar-refractivity contribution in [2.75, 3.05) is 16.4 Å². The van der Waals surface area contributed by atoms with E-state index in [1.165, 1.54) is 16.7 Å². The van der Waals surface area contributed by atoms with E-state index in [1.54, 1.807) is 6.07 Å². The van der Waals surface area contributed by atoms with Crippen molar-refractivity contribution in [1.29, 1.82) is 0 Å². The van der Waals surface area contributed by atoms with E-state index in [1.807, 2.05) is 19.1 Å². The summed E-state index contributed by atoms with van der Waals surface area (Å²) in [6, 6.07) is 5.59. The molecule has 1 aliphatic rings. The first-order chi connectivity index (χ1) is 7.59. The molecule has 0 spiro atoms. The molecule has 1 aromatic carbocycles. The molecule has 0 saturated carbocycles. The van der Waals surface area contributed by atoms with E-state index in [0.717, 1.165) is 10.0 Å². The molecule has 0 bridgehead atoms. The molecule has 1 heterocycles. The van der Waals surface area contributed by atoms with E-state index >= 15 is 0 Å². The zero-order chi connectivity index (χ0) is 11.7. The Bertz CT molecular complexity index is 445. The molecule has 1 aliphatic heterocycles. The summed E-state index contributed by atoms with van der Waals surface area (Å²) < 4.78 is 0.868. The molecule has 0 unspecified atom stereocenters. The molecule has 2 rings (SSSR count). The lowest BCUT2D eigenvalue weighted by Crippen LogP contribution is -2.43. The van der Waals surface area contributed by atoms with Crippen LogP contribution in [0.2, 0.25) is 0 Å². The Labute approximate surface area is 106 Å². The van der Waals surface area contributed by atoms with Crippen LogP contribution in [0.4, 0.5) is 5.69 Å². The summed E-state index contributed by atoms with van der Waals surface area (Å²) in [5, 5.41) is 0. The zero-order valence-corrected chi connectivity index (χ0v) is 11.1. The van der Waals surface area contributed by atoms with Gasteiger partial charge in [-0.05, 0) is 24.6 Å². The van der Waals surface area contributed by atoms with Crippen LogP contribution in [0, 0.1) is 6.92 Å². The van der Waals surface area contributed by atoms with Crippen molar-refractivity contribution >= 4 is 45.2 Å². The minimum Gasteiger partial charge on any atom is -0.273 e. The monoisotopic (exact) mass is 299 g/mol. The van der Waals surface area contributed by atoms with Gasteiger partial charge in [-0.2, -0.15) is 0 Å². The summed E-state index contributed by atoms with van der Waals surface area (Å²) in [4.78, 5) is 24.8. The molecule has 2 amide bonds. The van der Waals surface area contributed by atoms with Crippen molar-refractivity contribution < 1.29 is 9.59 Å². The highest BCUT2D eigenvalue weighted by Gasteiger charge is 2.28. The molecule has 84 valence electrons. The Balaban J connectivity index is 2.45. The number of thioether (sulfide) groups is 1. The van der Waals surface area contributed by atoms with Crippen molar-refractivity contribution in [3.05, 3.63) is 28.2 Å². The van der Waals surface area contributed by atoms with Gasteiger partial charge in [-0.25, -0.2) is 4.90 Å². The Morgan fingerprint density at radius 3 is 2.50 bits per heavy atom. The highest BCUT2D eigenvalue weighted by atomic mass is 79.9. The summed E-state index contributed by atoms with van der Waals surface area (Å²) >= 11 is 4.72. The van der Waals surface area contributed by atoms with Crippen LogP contribution in [0.25, 0.3) is 0 Å². The number of carbonyl (C=O) groups is 2. The molecule has 1 aromatic rings. The van der Waals surface area contributed by atoms with Gasteiger partial charge in [0.05, 0.1) is 17.2 Å². The summed E-state index contributed by atoms with van der Waals surface area (Å²) in [6.07, 6.45) is 0. The third-order valence-electron chi connectivity index (χ3n) is 2.36. The van der Waals surface area contributed by atoms with E-state index < -0.39 is 0 Å². The van der Waals surface area contributed by atoms with E-state index in [0.29, 0.717) is 17.2 Å². The highest BCUT2D eigenvalue weighted by molar-refractivity contribution is 9.10. The van der Waals surface area contributed by atoms with Crippen LogP contribution in [0.5, 0.6) is 0 Å². The van der Waals surface area contributed by atoms with Gasteiger partial charge in [0.15, 0.2) is 0 Å². The Hall–Kier alpha value is -0.810. The molecule has 1 saturated heterocycles. The van der Waals surface area contributed by atoms with Crippen molar-refractivity contribution in [1.82, 2.24) is 0 Å². The van der Waals surface area contributed by atoms with Gasteiger partial charge >= 0.3 is 0 Å². The van der Waals surface area contributed by atoms with Gasteiger partial charge in [-0.15, -0.1) is 11.8 Å². The second-order valence-electron chi connectivity index (χ2n) is 3.55. The number of amides is 2. The van der Waals surface area contributed by atoms with Crippen molar-refractivity contribution in [2.45, 2.75) is 6.92 Å². The van der Waals surface area contributed by atoms with Gasteiger partial charge in [0.1, 0.15) is 0 Å². The first-order valence-electron chi connectivity index (χ1n) is 4.79. The van der Waals surface area contributed by atoms with Gasteiger partial charge in [0.25, 0.3) is 0 Å². The average molecular weight is 300 g/mol. The lowest BCUT2D eigenvalue weighted by atomic mass is 10.2. The number of anilines is 1. The van der Waals surface area contributed by atoms with E-state index in [9.17, 15) is 9.59 Å². The van der Waals surface area contributed by atoms with E-state index in [4.69, 9.17) is 0 Å². The number of halogens is 1. The second kappa shape index (κ2) is 4.59. The second-order valence-corrected chi connectivity index (χ2v) is 5.45. The fraction of sp³-hybridized carbons (Fsp3) is 0.273. The fourth-order valence-electron chi connectivity index (χ4n) is 1.59. The van der Waals surface area contributed by atoms with Crippen LogP contribution in [-0.4, -0.2) is 23.3 Å². The van der Waals surface area contributed by atoms with Crippen LogP contribution in [0.1, 0.15) is 5.56 Å². The summed E-state index contributed by atoms with van der Waals surface area (Å²) in [5.74, 6) is 0.472. The van der Waals surface area contributed by atoms with Gasteiger partial charge in [-0.3, -0.25) is 9.59 Å². The van der Waals surface area contributed by atoms with E-state index in [2.05, 4.69) is 15.9 Å². The molecule has 0 aliphatic carbocycles. The zero-order valence-electron chi connectivity index (χ0n) is 8.70. The topological polar surface area (TPSA) is 37.4 Å². The maximum atomic E-state index is 11.7. The number of hydrogen-bond acceptors (Lipinski definition) is 3. The molecule has 0 atom stereocenters. The van der Waals surface area contributed by atoms with Crippen LogP contribution >= 0.6 is 27.7 Å². The quantitative estimate of drug-likeness (QED) is 0.747. The third-order valence-corrected chi connectivity index (χ3v) is 3.76. The molecule has 5 heteroatoms. The van der Waals surface area contributed by atoms with Crippen LogP contribution in [0.15, 0.2) is 22.7 Å². The first kappa shape index (κ1) is 11.7. The van der Waals surface area contributed by atoms with E-state index in [-0.39, 0.29) is 11.8 Å². The van der Waals surface area contributed by atoms with Gasteiger partial charge in [-0.1, -0.05) is 22.0 Å². The minimum atomic E-state index is -0.137. The Kier molecular flexibility index (Phi) is 3.35. The Morgan fingerprint density at radius 2 is 1.88 bits per heavy atom. The lowest BCUT2D eigenvalue weighted by Gasteiger charge is -2.26. The smallest absolute Gasteiger partial charge is 0.243 e. The number of hydrogen-bond donors (Lipinski definition) is 0. The largest absolute Gasteiger partial charge is 0.273 e. The number of benzene rings is 1. The minimum absolute atomic E-state index is 0.137. The fourth-order valence-corrected chi connectivity index (χ4v) is 2.64. The lowest BCUT2D eigenvalue weighted by molar-refractivity contribution is -0.124. The SMILES string of the molecule is Cc1ccc(Br)cc1N1C(=O)CSCC1=O. The normalized spacial score (nSPS) is 16.8. The van der Waals surface area contributed by atoms with Crippen LogP contribution in [-0.2, 0) is 9.59 Å². The predicted molar refractivity (Wildman–Crippen MR) is 68.7 cm³/mol. The number of carbonyl (C=O) groups excluding carboxylic acids is 2. The molecule has 0 radical (unpaired) electrons. The van der Waals surface area contributed by atoms with Gasteiger partial charge in [0, 0.05) is 4.47 Å². The molecule has 16 heavy (non-hydrogen) atoms. The standard InChI is InChI=1S/C11H10BrNO2S/c1-7-2-3-8(12)4-9(7)13-10(14)5-16-6-11(13)15/h2-4H,5-6H2,1H3. The third kappa shape index (κ3) is 2.15. The molecule has 0 aromatic heterocycles. The number of rotatable bonds is 1. The van der Waals surface area contributed by atoms with Crippen LogP contribution in [0.3, 0.4) is 0 Å².